The molecule has 8 heteroatoms. The smallest absolute Gasteiger partial charge is 0.329 e. The van der Waals surface area contributed by atoms with Crippen LogP contribution < -0.4 is 20.2 Å². The molecular weight excluding hydrogens is 354 g/mol. The fourth-order valence-electron chi connectivity index (χ4n) is 1.71. The van der Waals surface area contributed by atoms with Gasteiger partial charge in [-0.25, -0.2) is 5.43 Å². The SMILES string of the molecule is COc1cc(/C=N\NC(=O)C(=O)NC2CC2)cc(Br)c1OC. The van der Waals surface area contributed by atoms with Crippen molar-refractivity contribution in [3.8, 4) is 11.5 Å². The molecule has 2 N–H and O–H groups in total. The standard InChI is InChI=1S/C14H16BrN3O4/c1-21-11-6-8(5-10(15)12(11)22-2)7-16-18-14(20)13(19)17-9-3-4-9/h5-7,9H,3-4H2,1-2H3,(H,17,19)(H,18,20)/b16-7-. The first-order valence-corrected chi connectivity index (χ1v) is 7.40. The predicted octanol–water partition coefficient (Wildman–Crippen LogP) is 1.20. The number of methoxy groups -OCH3 is 2. The molecule has 1 aliphatic carbocycles. The molecule has 0 bridgehead atoms. The Bertz CT molecular complexity index is 614. The molecule has 0 aromatic heterocycles. The summed E-state index contributed by atoms with van der Waals surface area (Å²) in [5.41, 5.74) is 2.85. The van der Waals surface area contributed by atoms with Gasteiger partial charge >= 0.3 is 11.8 Å². The first-order chi connectivity index (χ1) is 10.5. The van der Waals surface area contributed by atoms with Gasteiger partial charge in [0.25, 0.3) is 0 Å². The Morgan fingerprint density at radius 2 is 2.00 bits per heavy atom. The molecule has 22 heavy (non-hydrogen) atoms. The maximum atomic E-state index is 11.5. The molecule has 0 unspecified atom stereocenters. The van der Waals surface area contributed by atoms with Crippen LogP contribution in [-0.2, 0) is 9.59 Å². The molecule has 2 rings (SSSR count). The zero-order valence-corrected chi connectivity index (χ0v) is 13.8. The third-order valence-corrected chi connectivity index (χ3v) is 3.54. The molecule has 0 heterocycles. The van der Waals surface area contributed by atoms with Crippen LogP contribution in [0.2, 0.25) is 0 Å². The zero-order valence-electron chi connectivity index (χ0n) is 12.2. The number of carbonyl (C=O) groups excluding carboxylic acids is 2. The number of ether oxygens (including phenoxy) is 2. The highest BCUT2D eigenvalue weighted by Gasteiger charge is 2.26. The van der Waals surface area contributed by atoms with Gasteiger partial charge in [-0.05, 0) is 46.5 Å². The van der Waals surface area contributed by atoms with Crippen molar-refractivity contribution in [3.63, 3.8) is 0 Å². The van der Waals surface area contributed by atoms with E-state index in [2.05, 4.69) is 31.8 Å². The van der Waals surface area contributed by atoms with Crippen LogP contribution in [-0.4, -0.2) is 38.3 Å². The summed E-state index contributed by atoms with van der Waals surface area (Å²) in [6, 6.07) is 3.58. The molecule has 1 saturated carbocycles. The highest BCUT2D eigenvalue weighted by molar-refractivity contribution is 9.10. The summed E-state index contributed by atoms with van der Waals surface area (Å²) in [6.45, 7) is 0. The van der Waals surface area contributed by atoms with Crippen LogP contribution in [0.1, 0.15) is 18.4 Å². The van der Waals surface area contributed by atoms with Crippen LogP contribution >= 0.6 is 15.9 Å². The van der Waals surface area contributed by atoms with E-state index in [0.29, 0.717) is 21.5 Å². The lowest BCUT2D eigenvalue weighted by Crippen LogP contribution is -2.38. The second-order valence-corrected chi connectivity index (χ2v) is 5.54. The molecule has 0 radical (unpaired) electrons. The van der Waals surface area contributed by atoms with E-state index in [1.807, 2.05) is 0 Å². The second kappa shape index (κ2) is 7.26. The van der Waals surface area contributed by atoms with Crippen LogP contribution in [0.4, 0.5) is 0 Å². The van der Waals surface area contributed by atoms with Crippen LogP contribution in [0.15, 0.2) is 21.7 Å². The first-order valence-electron chi connectivity index (χ1n) is 6.60. The van der Waals surface area contributed by atoms with Crippen molar-refractivity contribution >= 4 is 34.0 Å². The number of rotatable bonds is 5. The van der Waals surface area contributed by atoms with Gasteiger partial charge in [-0.1, -0.05) is 0 Å². The Hall–Kier alpha value is -2.09. The lowest BCUT2D eigenvalue weighted by Gasteiger charge is -2.10. The van der Waals surface area contributed by atoms with E-state index in [0.717, 1.165) is 12.8 Å². The minimum absolute atomic E-state index is 0.129. The molecule has 0 saturated heterocycles. The molecule has 2 amide bonds. The minimum Gasteiger partial charge on any atom is -0.493 e. The molecule has 0 aliphatic heterocycles. The number of nitrogens with one attached hydrogen (secondary N) is 2. The topological polar surface area (TPSA) is 89.0 Å². The van der Waals surface area contributed by atoms with Gasteiger partial charge in [0.15, 0.2) is 11.5 Å². The van der Waals surface area contributed by atoms with Gasteiger partial charge in [0, 0.05) is 6.04 Å². The summed E-state index contributed by atoms with van der Waals surface area (Å²) in [5, 5.41) is 6.34. The average Bonchev–Trinajstić information content (AvgIpc) is 3.30. The van der Waals surface area contributed by atoms with E-state index in [1.54, 1.807) is 12.1 Å². The highest BCUT2D eigenvalue weighted by Crippen LogP contribution is 2.35. The maximum Gasteiger partial charge on any atom is 0.329 e. The third-order valence-electron chi connectivity index (χ3n) is 2.95. The molecule has 0 spiro atoms. The van der Waals surface area contributed by atoms with E-state index in [1.165, 1.54) is 20.4 Å². The van der Waals surface area contributed by atoms with E-state index in [-0.39, 0.29) is 6.04 Å². The molecule has 1 aromatic rings. The quantitative estimate of drug-likeness (QED) is 0.463. The number of halogens is 1. The Morgan fingerprint density at radius 1 is 1.27 bits per heavy atom. The fourth-order valence-corrected chi connectivity index (χ4v) is 2.33. The number of benzene rings is 1. The average molecular weight is 370 g/mol. The molecular formula is C14H16BrN3O4. The monoisotopic (exact) mass is 369 g/mol. The van der Waals surface area contributed by atoms with Gasteiger partial charge in [-0.2, -0.15) is 5.10 Å². The molecule has 7 nitrogen and oxygen atoms in total. The van der Waals surface area contributed by atoms with Crippen molar-refractivity contribution in [3.05, 3.63) is 22.2 Å². The van der Waals surface area contributed by atoms with Gasteiger partial charge in [0.05, 0.1) is 24.9 Å². The summed E-state index contributed by atoms with van der Waals surface area (Å²) in [5.74, 6) is -0.376. The second-order valence-electron chi connectivity index (χ2n) is 4.69. The van der Waals surface area contributed by atoms with Crippen LogP contribution in [0.25, 0.3) is 0 Å². The lowest BCUT2D eigenvalue weighted by molar-refractivity contribution is -0.139. The zero-order chi connectivity index (χ0) is 16.1. The Balaban J connectivity index is 1.98. The highest BCUT2D eigenvalue weighted by atomic mass is 79.9. The van der Waals surface area contributed by atoms with Crippen LogP contribution in [0.5, 0.6) is 11.5 Å². The normalized spacial score (nSPS) is 13.8. The van der Waals surface area contributed by atoms with E-state index in [4.69, 9.17) is 9.47 Å². The number of hydrazone groups is 1. The third kappa shape index (κ3) is 4.20. The fraction of sp³-hybridized carbons (Fsp3) is 0.357. The number of hydrogen-bond acceptors (Lipinski definition) is 5. The molecule has 1 fully saturated rings. The summed E-state index contributed by atoms with van der Waals surface area (Å²) >= 11 is 3.36. The summed E-state index contributed by atoms with van der Waals surface area (Å²) in [4.78, 5) is 22.9. The van der Waals surface area contributed by atoms with E-state index < -0.39 is 11.8 Å². The molecule has 118 valence electrons. The predicted molar refractivity (Wildman–Crippen MR) is 84.1 cm³/mol. The summed E-state index contributed by atoms with van der Waals surface area (Å²) < 4.78 is 11.1. The Kier molecular flexibility index (Phi) is 5.37. The van der Waals surface area contributed by atoms with Gasteiger partial charge in [0.2, 0.25) is 0 Å². The van der Waals surface area contributed by atoms with Gasteiger partial charge in [0.1, 0.15) is 0 Å². The molecule has 1 aliphatic rings. The van der Waals surface area contributed by atoms with Crippen molar-refractivity contribution in [2.24, 2.45) is 5.10 Å². The van der Waals surface area contributed by atoms with Gasteiger partial charge in [-0.3, -0.25) is 9.59 Å². The molecule has 0 atom stereocenters. The lowest BCUT2D eigenvalue weighted by atomic mass is 10.2. The van der Waals surface area contributed by atoms with E-state index >= 15 is 0 Å². The minimum atomic E-state index is -0.789. The van der Waals surface area contributed by atoms with Crippen molar-refractivity contribution in [1.29, 1.82) is 0 Å². The van der Waals surface area contributed by atoms with Crippen molar-refractivity contribution in [1.82, 2.24) is 10.7 Å². The summed E-state index contributed by atoms with van der Waals surface area (Å²) in [6.07, 6.45) is 3.25. The van der Waals surface area contributed by atoms with Crippen LogP contribution in [0.3, 0.4) is 0 Å². The Morgan fingerprint density at radius 3 is 2.59 bits per heavy atom. The van der Waals surface area contributed by atoms with Crippen LogP contribution in [0, 0.1) is 0 Å². The number of hydrogen-bond donors (Lipinski definition) is 2. The number of carbonyl (C=O) groups is 2. The first kappa shape index (κ1) is 16.3. The van der Waals surface area contributed by atoms with Crippen molar-refractivity contribution in [2.45, 2.75) is 18.9 Å². The number of amides is 2. The van der Waals surface area contributed by atoms with Crippen molar-refractivity contribution < 1.29 is 19.1 Å². The van der Waals surface area contributed by atoms with E-state index in [9.17, 15) is 9.59 Å². The van der Waals surface area contributed by atoms with Gasteiger partial charge < -0.3 is 14.8 Å². The number of nitrogens with zero attached hydrogens (tertiary/aromatic N) is 1. The molecule has 1 aromatic carbocycles. The Labute approximate surface area is 136 Å². The van der Waals surface area contributed by atoms with Crippen molar-refractivity contribution in [2.75, 3.05) is 14.2 Å². The van der Waals surface area contributed by atoms with Gasteiger partial charge in [-0.15, -0.1) is 0 Å². The maximum absolute atomic E-state index is 11.5. The summed E-state index contributed by atoms with van der Waals surface area (Å²) in [7, 11) is 3.06. The largest absolute Gasteiger partial charge is 0.493 e.